The lowest BCUT2D eigenvalue weighted by atomic mass is 10.3. The number of hydrogen-bond donors (Lipinski definition) is 1. The molecule has 0 aliphatic rings. The van der Waals surface area contributed by atoms with Crippen LogP contribution in [0.4, 0.5) is 10.2 Å². The van der Waals surface area contributed by atoms with Crippen molar-refractivity contribution in [2.45, 2.75) is 6.42 Å². The lowest BCUT2D eigenvalue weighted by molar-refractivity contribution is 0.366. The third kappa shape index (κ3) is 1.42. The number of alkyl halides is 1. The maximum absolute atomic E-state index is 11.6. The van der Waals surface area contributed by atoms with Crippen molar-refractivity contribution < 1.29 is 8.91 Å². The van der Waals surface area contributed by atoms with Gasteiger partial charge in [0, 0.05) is 12.5 Å². The molecule has 1 heterocycles. The topological polar surface area (TPSA) is 52.0 Å². The highest BCUT2D eigenvalue weighted by molar-refractivity contribution is 5.26. The van der Waals surface area contributed by atoms with Crippen LogP contribution in [-0.4, -0.2) is 11.8 Å². The summed E-state index contributed by atoms with van der Waals surface area (Å²) in [5.74, 6) is 0.799. The van der Waals surface area contributed by atoms with E-state index in [-0.39, 0.29) is 6.42 Å². The zero-order valence-electron chi connectivity index (χ0n) is 4.80. The Balaban J connectivity index is 2.61. The lowest BCUT2D eigenvalue weighted by Crippen LogP contribution is -1.82. The van der Waals surface area contributed by atoms with Crippen LogP contribution in [-0.2, 0) is 6.42 Å². The Bertz CT molecular complexity index is 187. The fourth-order valence-electron chi connectivity index (χ4n) is 0.540. The van der Waals surface area contributed by atoms with Crippen molar-refractivity contribution in [3.63, 3.8) is 0 Å². The normalized spacial score (nSPS) is 9.89. The Morgan fingerprint density at radius 2 is 2.56 bits per heavy atom. The van der Waals surface area contributed by atoms with E-state index in [4.69, 9.17) is 5.73 Å². The molecule has 9 heavy (non-hydrogen) atoms. The van der Waals surface area contributed by atoms with E-state index in [1.807, 2.05) is 0 Å². The van der Waals surface area contributed by atoms with E-state index in [1.165, 1.54) is 6.07 Å². The van der Waals surface area contributed by atoms with Gasteiger partial charge in [0.2, 0.25) is 0 Å². The number of nitrogens with zero attached hydrogens (tertiary/aromatic N) is 1. The maximum Gasteiger partial charge on any atom is 0.167 e. The number of hydrogen-bond acceptors (Lipinski definition) is 3. The predicted octanol–water partition coefficient (Wildman–Crippen LogP) is 0.769. The van der Waals surface area contributed by atoms with Crippen LogP contribution in [0.2, 0.25) is 0 Å². The van der Waals surface area contributed by atoms with Gasteiger partial charge in [-0.25, -0.2) is 0 Å². The first kappa shape index (κ1) is 6.07. The van der Waals surface area contributed by atoms with E-state index in [1.54, 1.807) is 0 Å². The van der Waals surface area contributed by atoms with E-state index in [9.17, 15) is 4.39 Å². The lowest BCUT2D eigenvalue weighted by Gasteiger charge is -1.81. The van der Waals surface area contributed by atoms with Crippen LogP contribution in [0.1, 0.15) is 5.76 Å². The van der Waals surface area contributed by atoms with Crippen molar-refractivity contribution in [1.29, 1.82) is 0 Å². The van der Waals surface area contributed by atoms with Crippen molar-refractivity contribution in [1.82, 2.24) is 5.16 Å². The summed E-state index contributed by atoms with van der Waals surface area (Å²) in [7, 11) is 0. The summed E-state index contributed by atoms with van der Waals surface area (Å²) in [6.07, 6.45) is 0.254. The zero-order chi connectivity index (χ0) is 6.69. The Morgan fingerprint density at radius 3 is 3.00 bits per heavy atom. The van der Waals surface area contributed by atoms with Crippen LogP contribution in [0.3, 0.4) is 0 Å². The molecule has 0 aliphatic carbocycles. The molecule has 4 heteroatoms. The van der Waals surface area contributed by atoms with Crippen LogP contribution in [0.15, 0.2) is 10.6 Å². The fraction of sp³-hybridized carbons (Fsp3) is 0.400. The standard InChI is InChI=1S/C5H7FN2O/c6-2-1-4-3-5(7)8-9-4/h3H,1-2H2,(H2,7,8). The summed E-state index contributed by atoms with van der Waals surface area (Å²) in [5, 5.41) is 3.37. The van der Waals surface area contributed by atoms with Gasteiger partial charge in [-0.05, 0) is 0 Å². The van der Waals surface area contributed by atoms with Crippen LogP contribution >= 0.6 is 0 Å². The van der Waals surface area contributed by atoms with Crippen molar-refractivity contribution >= 4 is 5.82 Å². The maximum atomic E-state index is 11.6. The van der Waals surface area contributed by atoms with Gasteiger partial charge < -0.3 is 10.3 Å². The molecule has 0 bridgehead atoms. The molecule has 0 saturated carbocycles. The van der Waals surface area contributed by atoms with E-state index in [0.29, 0.717) is 11.6 Å². The molecule has 0 saturated heterocycles. The highest BCUT2D eigenvalue weighted by Gasteiger charge is 1.98. The van der Waals surface area contributed by atoms with Gasteiger partial charge in [-0.2, -0.15) is 0 Å². The molecular formula is C5H7FN2O. The molecule has 1 aromatic heterocycles. The number of aryl methyl sites for hydroxylation is 1. The molecule has 0 aliphatic heterocycles. The van der Waals surface area contributed by atoms with Crippen molar-refractivity contribution in [2.75, 3.05) is 12.4 Å². The highest BCUT2D eigenvalue weighted by Crippen LogP contribution is 2.04. The Morgan fingerprint density at radius 1 is 1.78 bits per heavy atom. The SMILES string of the molecule is Nc1cc(CCF)on1. The summed E-state index contributed by atoms with van der Waals surface area (Å²) in [6, 6.07) is 1.51. The molecule has 2 N–H and O–H groups in total. The Hall–Kier alpha value is -1.06. The second-order valence-electron chi connectivity index (χ2n) is 1.66. The minimum absolute atomic E-state index is 0.254. The van der Waals surface area contributed by atoms with Crippen LogP contribution in [0.25, 0.3) is 0 Å². The average molecular weight is 130 g/mol. The summed E-state index contributed by atoms with van der Waals surface area (Å²) in [6.45, 7) is -0.436. The zero-order valence-corrected chi connectivity index (χ0v) is 4.80. The van der Waals surface area contributed by atoms with Gasteiger partial charge in [0.1, 0.15) is 5.76 Å². The number of nitrogens with two attached hydrogens (primary N) is 1. The molecule has 1 rings (SSSR count). The Kier molecular flexibility index (Phi) is 1.67. The summed E-state index contributed by atoms with van der Waals surface area (Å²) in [5.41, 5.74) is 5.18. The molecule has 1 aromatic rings. The average Bonchev–Trinajstić information content (AvgIpc) is 2.17. The van der Waals surface area contributed by atoms with Crippen molar-refractivity contribution in [2.24, 2.45) is 0 Å². The first-order valence-electron chi connectivity index (χ1n) is 2.60. The van der Waals surface area contributed by atoms with E-state index < -0.39 is 6.67 Å². The number of rotatable bonds is 2. The summed E-state index contributed by atoms with van der Waals surface area (Å²) in [4.78, 5) is 0. The number of nitrogen functional groups attached to an aromatic ring is 1. The Labute approximate surface area is 51.6 Å². The second kappa shape index (κ2) is 2.48. The van der Waals surface area contributed by atoms with Crippen molar-refractivity contribution in [3.8, 4) is 0 Å². The van der Waals surface area contributed by atoms with Gasteiger partial charge in [-0.3, -0.25) is 4.39 Å². The molecule has 0 spiro atoms. The van der Waals surface area contributed by atoms with E-state index in [0.717, 1.165) is 0 Å². The molecule has 0 atom stereocenters. The quantitative estimate of drug-likeness (QED) is 0.643. The van der Waals surface area contributed by atoms with Gasteiger partial charge in [-0.1, -0.05) is 5.16 Å². The van der Waals surface area contributed by atoms with Crippen LogP contribution in [0.5, 0.6) is 0 Å². The van der Waals surface area contributed by atoms with Gasteiger partial charge in [0.25, 0.3) is 0 Å². The molecule has 0 radical (unpaired) electrons. The fourth-order valence-corrected chi connectivity index (χ4v) is 0.540. The molecule has 0 amide bonds. The molecule has 0 fully saturated rings. The molecule has 0 unspecified atom stereocenters. The van der Waals surface area contributed by atoms with Gasteiger partial charge in [0.05, 0.1) is 6.67 Å². The monoisotopic (exact) mass is 130 g/mol. The third-order valence-electron chi connectivity index (χ3n) is 0.918. The van der Waals surface area contributed by atoms with Gasteiger partial charge in [0.15, 0.2) is 5.82 Å². The third-order valence-corrected chi connectivity index (χ3v) is 0.918. The van der Waals surface area contributed by atoms with Gasteiger partial charge >= 0.3 is 0 Å². The van der Waals surface area contributed by atoms with Crippen molar-refractivity contribution in [3.05, 3.63) is 11.8 Å². The van der Waals surface area contributed by atoms with Gasteiger partial charge in [-0.15, -0.1) is 0 Å². The van der Waals surface area contributed by atoms with E-state index in [2.05, 4.69) is 9.68 Å². The highest BCUT2D eigenvalue weighted by atomic mass is 19.1. The second-order valence-corrected chi connectivity index (χ2v) is 1.66. The first-order valence-corrected chi connectivity index (χ1v) is 2.60. The molecule has 50 valence electrons. The molecular weight excluding hydrogens is 123 g/mol. The summed E-state index contributed by atoms with van der Waals surface area (Å²) < 4.78 is 16.1. The van der Waals surface area contributed by atoms with E-state index >= 15 is 0 Å². The largest absolute Gasteiger partial charge is 0.381 e. The minimum atomic E-state index is -0.436. The number of halogens is 1. The number of anilines is 1. The summed E-state index contributed by atoms with van der Waals surface area (Å²) >= 11 is 0. The molecule has 0 aromatic carbocycles. The predicted molar refractivity (Wildman–Crippen MR) is 30.6 cm³/mol. The minimum Gasteiger partial charge on any atom is -0.381 e. The van der Waals surface area contributed by atoms with Crippen LogP contribution < -0.4 is 5.73 Å². The number of aromatic nitrogens is 1. The first-order chi connectivity index (χ1) is 4.33. The smallest absolute Gasteiger partial charge is 0.167 e. The molecule has 3 nitrogen and oxygen atoms in total. The van der Waals surface area contributed by atoms with Crippen LogP contribution in [0, 0.1) is 0 Å².